The van der Waals surface area contributed by atoms with Crippen molar-refractivity contribution in [3.63, 3.8) is 0 Å². The maximum Gasteiger partial charge on any atom is 0.252 e. The number of aryl methyl sites for hydroxylation is 1. The smallest absolute Gasteiger partial charge is 0.252 e. The van der Waals surface area contributed by atoms with Gasteiger partial charge in [0.2, 0.25) is 0 Å². The van der Waals surface area contributed by atoms with Gasteiger partial charge in [0.1, 0.15) is 11.5 Å². The lowest BCUT2D eigenvalue weighted by atomic mass is 10.0. The van der Waals surface area contributed by atoms with Gasteiger partial charge in [0.05, 0.1) is 5.56 Å². The van der Waals surface area contributed by atoms with Crippen LogP contribution in [0.5, 0.6) is 11.5 Å². The average molecular weight is 348 g/mol. The molecule has 2 N–H and O–H groups in total. The van der Waals surface area contributed by atoms with Gasteiger partial charge in [-0.05, 0) is 54.3 Å². The molecule has 0 heterocycles. The SMILES string of the molecule is Cc1ccc(C(N)=O)c(Oc2ccc(Br)cc2C(C)C)c1. The predicted molar refractivity (Wildman–Crippen MR) is 88.0 cm³/mol. The molecule has 4 heteroatoms. The van der Waals surface area contributed by atoms with Gasteiger partial charge in [0.25, 0.3) is 5.91 Å². The molecule has 0 aromatic heterocycles. The molecular formula is C17H18BrNO2. The van der Waals surface area contributed by atoms with E-state index in [1.165, 1.54) is 0 Å². The van der Waals surface area contributed by atoms with Crippen molar-refractivity contribution < 1.29 is 9.53 Å². The summed E-state index contributed by atoms with van der Waals surface area (Å²) in [7, 11) is 0. The van der Waals surface area contributed by atoms with Gasteiger partial charge in [-0.25, -0.2) is 0 Å². The molecule has 2 aromatic rings. The van der Waals surface area contributed by atoms with Gasteiger partial charge in [0, 0.05) is 4.47 Å². The van der Waals surface area contributed by atoms with E-state index < -0.39 is 5.91 Å². The standard InChI is InChI=1S/C17H18BrNO2/c1-10(2)14-9-12(18)5-7-15(14)21-16-8-11(3)4-6-13(16)17(19)20/h4-10H,1-3H3,(H2,19,20). The van der Waals surface area contributed by atoms with E-state index in [4.69, 9.17) is 10.5 Å². The van der Waals surface area contributed by atoms with Gasteiger partial charge in [-0.1, -0.05) is 35.8 Å². The van der Waals surface area contributed by atoms with Crippen molar-refractivity contribution in [1.29, 1.82) is 0 Å². The number of amides is 1. The third-order valence-corrected chi connectivity index (χ3v) is 3.71. The van der Waals surface area contributed by atoms with Crippen molar-refractivity contribution in [1.82, 2.24) is 0 Å². The van der Waals surface area contributed by atoms with Crippen molar-refractivity contribution in [2.24, 2.45) is 5.73 Å². The molecule has 0 fully saturated rings. The van der Waals surface area contributed by atoms with Crippen molar-refractivity contribution in [2.45, 2.75) is 26.7 Å². The first-order valence-electron chi connectivity index (χ1n) is 6.76. The van der Waals surface area contributed by atoms with Crippen LogP contribution in [0.15, 0.2) is 40.9 Å². The van der Waals surface area contributed by atoms with E-state index in [0.717, 1.165) is 21.3 Å². The molecule has 0 saturated carbocycles. The third-order valence-electron chi connectivity index (χ3n) is 3.22. The number of ether oxygens (including phenoxy) is 1. The summed E-state index contributed by atoms with van der Waals surface area (Å²) in [5.74, 6) is 1.04. The van der Waals surface area contributed by atoms with Crippen LogP contribution in [0.2, 0.25) is 0 Å². The molecule has 0 unspecified atom stereocenters. The number of hydrogen-bond acceptors (Lipinski definition) is 2. The van der Waals surface area contributed by atoms with Crippen LogP contribution in [0.25, 0.3) is 0 Å². The number of rotatable bonds is 4. The second-order valence-corrected chi connectivity index (χ2v) is 6.22. The van der Waals surface area contributed by atoms with Crippen molar-refractivity contribution in [3.8, 4) is 11.5 Å². The Morgan fingerprint density at radius 2 is 1.86 bits per heavy atom. The summed E-state index contributed by atoms with van der Waals surface area (Å²) in [6.45, 7) is 6.14. The molecule has 0 aliphatic carbocycles. The molecule has 0 aliphatic rings. The molecule has 0 saturated heterocycles. The Morgan fingerprint density at radius 1 is 1.14 bits per heavy atom. The average Bonchev–Trinajstić information content (AvgIpc) is 2.40. The Kier molecular flexibility index (Phi) is 4.68. The number of carbonyl (C=O) groups is 1. The highest BCUT2D eigenvalue weighted by Crippen LogP contribution is 2.34. The van der Waals surface area contributed by atoms with Crippen LogP contribution in [0, 0.1) is 6.92 Å². The minimum absolute atomic E-state index is 0.305. The summed E-state index contributed by atoms with van der Waals surface area (Å²) in [5, 5.41) is 0. The Bertz CT molecular complexity index is 680. The molecule has 0 radical (unpaired) electrons. The zero-order valence-electron chi connectivity index (χ0n) is 12.3. The lowest BCUT2D eigenvalue weighted by Crippen LogP contribution is -2.12. The second kappa shape index (κ2) is 6.31. The first-order valence-corrected chi connectivity index (χ1v) is 7.55. The summed E-state index contributed by atoms with van der Waals surface area (Å²) in [4.78, 5) is 11.5. The number of benzene rings is 2. The van der Waals surface area contributed by atoms with E-state index in [0.29, 0.717) is 17.2 Å². The molecule has 0 atom stereocenters. The minimum atomic E-state index is -0.492. The predicted octanol–water partition coefficient (Wildman–Crippen LogP) is 4.77. The maximum atomic E-state index is 11.5. The van der Waals surface area contributed by atoms with E-state index in [1.807, 2.05) is 37.3 Å². The summed E-state index contributed by atoms with van der Waals surface area (Å²) in [6, 6.07) is 11.2. The highest BCUT2D eigenvalue weighted by molar-refractivity contribution is 9.10. The number of hydrogen-bond donors (Lipinski definition) is 1. The van der Waals surface area contributed by atoms with Crippen LogP contribution in [0.3, 0.4) is 0 Å². The van der Waals surface area contributed by atoms with Gasteiger partial charge >= 0.3 is 0 Å². The fourth-order valence-corrected chi connectivity index (χ4v) is 2.48. The molecule has 0 aliphatic heterocycles. The molecule has 21 heavy (non-hydrogen) atoms. The van der Waals surface area contributed by atoms with E-state index in [-0.39, 0.29) is 0 Å². The second-order valence-electron chi connectivity index (χ2n) is 5.30. The maximum absolute atomic E-state index is 11.5. The molecule has 110 valence electrons. The van der Waals surface area contributed by atoms with E-state index in [1.54, 1.807) is 6.07 Å². The van der Waals surface area contributed by atoms with Crippen molar-refractivity contribution in [2.75, 3.05) is 0 Å². The Hall–Kier alpha value is -1.81. The Morgan fingerprint density at radius 3 is 2.48 bits per heavy atom. The molecule has 0 spiro atoms. The number of halogens is 1. The minimum Gasteiger partial charge on any atom is -0.456 e. The van der Waals surface area contributed by atoms with Crippen LogP contribution < -0.4 is 10.5 Å². The number of primary amides is 1. The Labute approximate surface area is 133 Å². The van der Waals surface area contributed by atoms with Gasteiger partial charge in [-0.2, -0.15) is 0 Å². The molecule has 3 nitrogen and oxygen atoms in total. The largest absolute Gasteiger partial charge is 0.456 e. The fourth-order valence-electron chi connectivity index (χ4n) is 2.10. The molecule has 2 aromatic carbocycles. The zero-order valence-corrected chi connectivity index (χ0v) is 13.9. The number of carbonyl (C=O) groups excluding carboxylic acids is 1. The fraction of sp³-hybridized carbons (Fsp3) is 0.235. The molecule has 2 rings (SSSR count). The lowest BCUT2D eigenvalue weighted by Gasteiger charge is -2.16. The summed E-state index contributed by atoms with van der Waals surface area (Å²) < 4.78 is 6.98. The number of nitrogens with two attached hydrogens (primary N) is 1. The lowest BCUT2D eigenvalue weighted by molar-refractivity contribution is 0.0998. The quantitative estimate of drug-likeness (QED) is 0.865. The normalized spacial score (nSPS) is 10.7. The van der Waals surface area contributed by atoms with E-state index in [9.17, 15) is 4.79 Å². The van der Waals surface area contributed by atoms with Gasteiger partial charge in [-0.3, -0.25) is 4.79 Å². The van der Waals surface area contributed by atoms with Gasteiger partial charge in [0.15, 0.2) is 0 Å². The highest BCUT2D eigenvalue weighted by Gasteiger charge is 2.14. The monoisotopic (exact) mass is 347 g/mol. The molecular weight excluding hydrogens is 330 g/mol. The Balaban J connectivity index is 2.47. The summed E-state index contributed by atoms with van der Waals surface area (Å²) >= 11 is 3.47. The third kappa shape index (κ3) is 3.64. The van der Waals surface area contributed by atoms with E-state index in [2.05, 4.69) is 29.8 Å². The van der Waals surface area contributed by atoms with Gasteiger partial charge in [-0.15, -0.1) is 0 Å². The van der Waals surface area contributed by atoms with Crippen LogP contribution in [0.1, 0.15) is 41.3 Å². The highest BCUT2D eigenvalue weighted by atomic mass is 79.9. The molecule has 0 bridgehead atoms. The van der Waals surface area contributed by atoms with Crippen LogP contribution in [0.4, 0.5) is 0 Å². The molecule has 1 amide bonds. The first-order chi connectivity index (χ1) is 9.88. The topological polar surface area (TPSA) is 52.3 Å². The van der Waals surface area contributed by atoms with E-state index >= 15 is 0 Å². The van der Waals surface area contributed by atoms with Crippen LogP contribution in [-0.4, -0.2) is 5.91 Å². The first kappa shape index (κ1) is 15.6. The summed E-state index contributed by atoms with van der Waals surface area (Å²) in [5.41, 5.74) is 7.88. The van der Waals surface area contributed by atoms with Crippen LogP contribution in [-0.2, 0) is 0 Å². The summed E-state index contributed by atoms with van der Waals surface area (Å²) in [6.07, 6.45) is 0. The zero-order chi connectivity index (χ0) is 15.6. The van der Waals surface area contributed by atoms with Gasteiger partial charge < -0.3 is 10.5 Å². The van der Waals surface area contributed by atoms with Crippen molar-refractivity contribution in [3.05, 3.63) is 57.6 Å². The van der Waals surface area contributed by atoms with Crippen molar-refractivity contribution >= 4 is 21.8 Å². The van der Waals surface area contributed by atoms with Crippen LogP contribution >= 0.6 is 15.9 Å².